The molecule has 180 valence electrons. The molecule has 0 saturated heterocycles. The van der Waals surface area contributed by atoms with Crippen LogP contribution in [0.4, 0.5) is 0 Å². The third kappa shape index (κ3) is 3.29. The average Bonchev–Trinajstić information content (AvgIpc) is 2.88. The Morgan fingerprint density at radius 1 is 0.970 bits per heavy atom. The number of hydrogen-bond acceptors (Lipinski definition) is 7. The van der Waals surface area contributed by atoms with Crippen LogP contribution in [0.5, 0.6) is 0 Å². The number of hydrogen-bond donors (Lipinski definition) is 0. The van der Waals surface area contributed by atoms with Gasteiger partial charge in [-0.1, -0.05) is 33.4 Å². The fraction of sp³-hybridized carbons (Fsp3) is 0.692. The zero-order chi connectivity index (χ0) is 24.5. The Kier molecular flexibility index (Phi) is 5.42. The van der Waals surface area contributed by atoms with Gasteiger partial charge in [0.25, 0.3) is 0 Å². The molecule has 4 rings (SSSR count). The van der Waals surface area contributed by atoms with Crippen LogP contribution in [0.1, 0.15) is 60.8 Å². The number of carbonyl (C=O) groups excluding carboxylic acids is 4. The predicted octanol–water partition coefficient (Wildman–Crippen LogP) is 3.56. The van der Waals surface area contributed by atoms with Crippen LogP contribution < -0.4 is 0 Å². The van der Waals surface area contributed by atoms with Crippen molar-refractivity contribution in [3.05, 3.63) is 24.3 Å². The van der Waals surface area contributed by atoms with E-state index >= 15 is 0 Å². The molecule has 0 aromatic carbocycles. The highest BCUT2D eigenvalue weighted by atomic mass is 16.6. The summed E-state index contributed by atoms with van der Waals surface area (Å²) in [6, 6.07) is 0. The summed E-state index contributed by atoms with van der Waals surface area (Å²) in [7, 11) is 0. The lowest BCUT2D eigenvalue weighted by atomic mass is 9.41. The van der Waals surface area contributed by atoms with Gasteiger partial charge in [0.1, 0.15) is 18.3 Å². The molecule has 0 unspecified atom stereocenters. The number of esters is 3. The number of ketones is 1. The van der Waals surface area contributed by atoms with E-state index in [0.717, 1.165) is 5.57 Å². The molecular weight excluding hydrogens is 424 g/mol. The van der Waals surface area contributed by atoms with Crippen LogP contribution in [0.3, 0.4) is 0 Å². The van der Waals surface area contributed by atoms with Crippen LogP contribution in [-0.2, 0) is 33.4 Å². The molecule has 3 fully saturated rings. The molecule has 0 radical (unpaired) electrons. The molecule has 2 bridgehead atoms. The molecule has 4 aliphatic carbocycles. The first-order valence-corrected chi connectivity index (χ1v) is 11.7. The third-order valence-corrected chi connectivity index (χ3v) is 8.90. The summed E-state index contributed by atoms with van der Waals surface area (Å²) in [5.41, 5.74) is -1.28. The van der Waals surface area contributed by atoms with E-state index < -0.39 is 52.5 Å². The molecule has 0 heterocycles. The van der Waals surface area contributed by atoms with E-state index in [2.05, 4.69) is 13.5 Å². The monoisotopic (exact) mass is 458 g/mol. The summed E-state index contributed by atoms with van der Waals surface area (Å²) in [6.07, 6.45) is 3.44. The van der Waals surface area contributed by atoms with Gasteiger partial charge in [-0.15, -0.1) is 0 Å². The van der Waals surface area contributed by atoms with Crippen molar-refractivity contribution in [1.29, 1.82) is 0 Å². The molecule has 0 aromatic heterocycles. The zero-order valence-electron chi connectivity index (χ0n) is 20.3. The number of carbonyl (C=O) groups is 4. The quantitative estimate of drug-likeness (QED) is 0.362. The Morgan fingerprint density at radius 3 is 2.15 bits per heavy atom. The van der Waals surface area contributed by atoms with Gasteiger partial charge >= 0.3 is 17.9 Å². The topological polar surface area (TPSA) is 96.0 Å². The van der Waals surface area contributed by atoms with Crippen molar-refractivity contribution in [2.75, 3.05) is 0 Å². The van der Waals surface area contributed by atoms with Crippen LogP contribution in [-0.4, -0.2) is 42.0 Å². The van der Waals surface area contributed by atoms with E-state index in [4.69, 9.17) is 14.2 Å². The highest BCUT2D eigenvalue weighted by Crippen LogP contribution is 2.72. The summed E-state index contributed by atoms with van der Waals surface area (Å²) < 4.78 is 17.8. The minimum atomic E-state index is -0.802. The largest absolute Gasteiger partial charge is 0.462 e. The fourth-order valence-corrected chi connectivity index (χ4v) is 7.87. The van der Waals surface area contributed by atoms with Gasteiger partial charge in [-0.3, -0.25) is 19.2 Å². The molecule has 1 spiro atoms. The molecule has 7 heteroatoms. The maximum atomic E-state index is 12.9. The second-order valence-electron chi connectivity index (χ2n) is 11.1. The molecule has 3 saturated carbocycles. The molecule has 8 atom stereocenters. The van der Waals surface area contributed by atoms with Crippen LogP contribution >= 0.6 is 0 Å². The Hall–Kier alpha value is -2.44. The van der Waals surface area contributed by atoms with Crippen molar-refractivity contribution in [3.63, 3.8) is 0 Å². The van der Waals surface area contributed by atoms with E-state index in [1.807, 2.05) is 19.9 Å². The van der Waals surface area contributed by atoms with Gasteiger partial charge in [0, 0.05) is 32.1 Å². The second-order valence-corrected chi connectivity index (χ2v) is 11.1. The molecule has 4 aliphatic rings. The Labute approximate surface area is 194 Å². The maximum Gasteiger partial charge on any atom is 0.303 e. The molecule has 0 aromatic rings. The van der Waals surface area contributed by atoms with Gasteiger partial charge in [-0.25, -0.2) is 0 Å². The lowest BCUT2D eigenvalue weighted by molar-refractivity contribution is -0.240. The Bertz CT molecular complexity index is 962. The van der Waals surface area contributed by atoms with Gasteiger partial charge in [0.15, 0.2) is 5.78 Å². The average molecular weight is 459 g/mol. The molecule has 0 amide bonds. The first kappa shape index (κ1) is 23.7. The van der Waals surface area contributed by atoms with Gasteiger partial charge in [0.2, 0.25) is 0 Å². The minimum Gasteiger partial charge on any atom is -0.462 e. The van der Waals surface area contributed by atoms with Crippen LogP contribution in [0.15, 0.2) is 24.3 Å². The van der Waals surface area contributed by atoms with E-state index in [9.17, 15) is 19.2 Å². The van der Waals surface area contributed by atoms with E-state index in [1.165, 1.54) is 20.8 Å². The SMILES string of the molecule is C=C1[C@H]2C[C@H](OC(C)=O)[C@H]3[C@]4(C)C=CC(=O)C(C)(C)[C@H]4C[C@H](OC(C)=O)[C@@]3(C2)[C@@H]1OC(C)=O. The lowest BCUT2D eigenvalue weighted by Gasteiger charge is -2.64. The molecular formula is C26H34O7. The summed E-state index contributed by atoms with van der Waals surface area (Å²) in [6.45, 7) is 14.3. The van der Waals surface area contributed by atoms with Crippen molar-refractivity contribution in [2.45, 2.75) is 79.1 Å². The summed E-state index contributed by atoms with van der Waals surface area (Å²) >= 11 is 0. The van der Waals surface area contributed by atoms with Crippen molar-refractivity contribution in [1.82, 2.24) is 0 Å². The van der Waals surface area contributed by atoms with Crippen molar-refractivity contribution < 1.29 is 33.4 Å². The van der Waals surface area contributed by atoms with Gasteiger partial charge in [0.05, 0.1) is 5.41 Å². The number of fused-ring (bicyclic) bond motifs is 3. The third-order valence-electron chi connectivity index (χ3n) is 8.90. The van der Waals surface area contributed by atoms with E-state index in [1.54, 1.807) is 6.08 Å². The van der Waals surface area contributed by atoms with Crippen LogP contribution in [0.2, 0.25) is 0 Å². The second kappa shape index (κ2) is 7.54. The number of allylic oxidation sites excluding steroid dienone is 2. The van der Waals surface area contributed by atoms with Crippen molar-refractivity contribution >= 4 is 23.7 Å². The number of ether oxygens (including phenoxy) is 3. The van der Waals surface area contributed by atoms with Crippen molar-refractivity contribution in [2.24, 2.45) is 34.0 Å². The van der Waals surface area contributed by atoms with Crippen LogP contribution in [0.25, 0.3) is 0 Å². The normalized spacial score (nSPS) is 42.7. The summed E-state index contributed by atoms with van der Waals surface area (Å²) in [5.74, 6) is -1.77. The Balaban J connectivity index is 1.98. The molecule has 33 heavy (non-hydrogen) atoms. The zero-order valence-corrected chi connectivity index (χ0v) is 20.3. The molecule has 0 aliphatic heterocycles. The Morgan fingerprint density at radius 2 is 1.58 bits per heavy atom. The maximum absolute atomic E-state index is 12.9. The van der Waals surface area contributed by atoms with Gasteiger partial charge in [-0.05, 0) is 48.2 Å². The first-order valence-electron chi connectivity index (χ1n) is 11.7. The molecule has 7 nitrogen and oxygen atoms in total. The van der Waals surface area contributed by atoms with E-state index in [0.29, 0.717) is 19.3 Å². The van der Waals surface area contributed by atoms with Crippen LogP contribution in [0, 0.1) is 34.0 Å². The van der Waals surface area contributed by atoms with Gasteiger partial charge < -0.3 is 14.2 Å². The van der Waals surface area contributed by atoms with Gasteiger partial charge in [-0.2, -0.15) is 0 Å². The highest BCUT2D eigenvalue weighted by Gasteiger charge is 2.74. The lowest BCUT2D eigenvalue weighted by Crippen LogP contribution is -2.68. The van der Waals surface area contributed by atoms with Crippen molar-refractivity contribution in [3.8, 4) is 0 Å². The summed E-state index contributed by atoms with van der Waals surface area (Å²) in [5, 5.41) is 0. The molecule has 0 N–H and O–H groups in total. The minimum absolute atomic E-state index is 0.0209. The highest BCUT2D eigenvalue weighted by molar-refractivity contribution is 5.95. The fourth-order valence-electron chi connectivity index (χ4n) is 7.87. The number of rotatable bonds is 3. The van der Waals surface area contributed by atoms with E-state index in [-0.39, 0.29) is 23.5 Å². The summed E-state index contributed by atoms with van der Waals surface area (Å²) in [4.78, 5) is 49.6. The standard InChI is InChI=1S/C26H34O7/c1-13-17-10-18(31-14(2)27)22-25(7)9-8-20(30)24(5,6)19(25)11-21(32-15(3)28)26(22,12-17)23(13)33-16(4)29/h8-9,17-19,21-23H,1,10-12H2,2-7H3/t17-,18-,19+,21-,22-,23+,25+,26+/m0/s1. The first-order chi connectivity index (χ1) is 15.2. The smallest absolute Gasteiger partial charge is 0.303 e. The predicted molar refractivity (Wildman–Crippen MR) is 119 cm³/mol.